The molecular weight excluding hydrogens is 387 g/mol. The lowest BCUT2D eigenvalue weighted by molar-refractivity contribution is -0.133. The van der Waals surface area contributed by atoms with Crippen molar-refractivity contribution >= 4 is 53.9 Å². The minimum absolute atomic E-state index is 0. The fourth-order valence-corrected chi connectivity index (χ4v) is 2.68. The van der Waals surface area contributed by atoms with Gasteiger partial charge in [-0.05, 0) is 25.2 Å². The molecule has 1 heterocycles. The van der Waals surface area contributed by atoms with Gasteiger partial charge in [-0.3, -0.25) is 9.59 Å². The highest BCUT2D eigenvalue weighted by Gasteiger charge is 2.21. The highest BCUT2D eigenvalue weighted by atomic mass is 35.5. The van der Waals surface area contributed by atoms with Crippen molar-refractivity contribution in [3.63, 3.8) is 0 Å². The van der Waals surface area contributed by atoms with E-state index in [4.69, 9.17) is 11.6 Å². The monoisotopic (exact) mass is 410 g/mol. The van der Waals surface area contributed by atoms with Crippen molar-refractivity contribution < 1.29 is 9.59 Å². The van der Waals surface area contributed by atoms with E-state index in [1.54, 1.807) is 11.9 Å². The smallest absolute Gasteiger partial charge is 0.242 e. The third kappa shape index (κ3) is 7.69. The van der Waals surface area contributed by atoms with Crippen LogP contribution < -0.4 is 15.5 Å². The first kappa shape index (κ1) is 23.8. The predicted molar refractivity (Wildman–Crippen MR) is 106 cm³/mol. The Morgan fingerprint density at radius 2 is 1.84 bits per heavy atom. The van der Waals surface area contributed by atoms with Crippen molar-refractivity contribution in [2.45, 2.75) is 6.42 Å². The van der Waals surface area contributed by atoms with Gasteiger partial charge in [0.15, 0.2) is 0 Å². The second kappa shape index (κ2) is 12.2. The first-order valence-electron chi connectivity index (χ1n) is 7.79. The van der Waals surface area contributed by atoms with Gasteiger partial charge in [0.2, 0.25) is 11.8 Å². The topological polar surface area (TPSA) is 64.7 Å². The molecule has 1 aromatic carbocycles. The van der Waals surface area contributed by atoms with Crippen molar-refractivity contribution in [1.29, 1.82) is 0 Å². The van der Waals surface area contributed by atoms with E-state index in [0.29, 0.717) is 31.1 Å². The van der Waals surface area contributed by atoms with Crippen molar-refractivity contribution in [3.05, 3.63) is 29.3 Å². The summed E-state index contributed by atoms with van der Waals surface area (Å²) in [5, 5.41) is 6.28. The fraction of sp³-hybridized carbons (Fsp3) is 0.500. The van der Waals surface area contributed by atoms with Crippen LogP contribution in [0.3, 0.4) is 0 Å². The Hall–Kier alpha value is -1.21. The summed E-state index contributed by atoms with van der Waals surface area (Å²) in [5.41, 5.74) is 1.07. The first-order chi connectivity index (χ1) is 11.1. The molecule has 6 nitrogen and oxygen atoms in total. The molecule has 1 aromatic rings. The Balaban J connectivity index is 0.00000288. The molecule has 2 N–H and O–H groups in total. The first-order valence-corrected chi connectivity index (χ1v) is 8.17. The lowest BCUT2D eigenvalue weighted by atomic mass is 10.2. The Labute approximate surface area is 166 Å². The maximum Gasteiger partial charge on any atom is 0.242 e. The molecule has 9 heteroatoms. The number of halogens is 3. The van der Waals surface area contributed by atoms with Crippen molar-refractivity contribution in [3.8, 4) is 0 Å². The molecule has 0 atom stereocenters. The molecule has 0 radical (unpaired) electrons. The van der Waals surface area contributed by atoms with E-state index >= 15 is 0 Å². The van der Waals surface area contributed by atoms with Gasteiger partial charge >= 0.3 is 0 Å². The van der Waals surface area contributed by atoms with Gasteiger partial charge in [0.25, 0.3) is 0 Å². The number of hydrogen-bond acceptors (Lipinski definition) is 4. The van der Waals surface area contributed by atoms with Gasteiger partial charge in [0, 0.05) is 49.9 Å². The summed E-state index contributed by atoms with van der Waals surface area (Å²) in [6.45, 7) is 3.51. The second-order valence-electron chi connectivity index (χ2n) is 5.48. The van der Waals surface area contributed by atoms with E-state index in [1.807, 2.05) is 24.3 Å². The van der Waals surface area contributed by atoms with Crippen LogP contribution in [0.2, 0.25) is 5.02 Å². The lowest BCUT2D eigenvalue weighted by Gasteiger charge is -2.36. The van der Waals surface area contributed by atoms with Crippen LogP contribution in [-0.2, 0) is 9.59 Å². The van der Waals surface area contributed by atoms with E-state index in [-0.39, 0.29) is 43.2 Å². The normalized spacial score (nSPS) is 13.5. The van der Waals surface area contributed by atoms with Crippen LogP contribution in [-0.4, -0.2) is 63.0 Å². The summed E-state index contributed by atoms with van der Waals surface area (Å²) in [6.07, 6.45) is 0.381. The van der Waals surface area contributed by atoms with Crippen LogP contribution in [0.25, 0.3) is 0 Å². The molecule has 0 unspecified atom stereocenters. The molecular formula is C16H25Cl3N4O2. The quantitative estimate of drug-likeness (QED) is 0.745. The van der Waals surface area contributed by atoms with Gasteiger partial charge in [0.1, 0.15) is 0 Å². The average molecular weight is 412 g/mol. The van der Waals surface area contributed by atoms with Gasteiger partial charge in [-0.1, -0.05) is 17.7 Å². The zero-order valence-electron chi connectivity index (χ0n) is 14.2. The van der Waals surface area contributed by atoms with E-state index in [2.05, 4.69) is 15.5 Å². The van der Waals surface area contributed by atoms with Gasteiger partial charge in [0.05, 0.1) is 6.54 Å². The van der Waals surface area contributed by atoms with E-state index in [0.717, 1.165) is 18.8 Å². The van der Waals surface area contributed by atoms with E-state index < -0.39 is 0 Å². The van der Waals surface area contributed by atoms with E-state index in [9.17, 15) is 9.59 Å². The molecule has 142 valence electrons. The number of benzene rings is 1. The second-order valence-corrected chi connectivity index (χ2v) is 5.91. The maximum atomic E-state index is 12.1. The van der Waals surface area contributed by atoms with Gasteiger partial charge < -0.3 is 20.4 Å². The van der Waals surface area contributed by atoms with Crippen LogP contribution in [0.15, 0.2) is 24.3 Å². The van der Waals surface area contributed by atoms with Crippen LogP contribution >= 0.6 is 36.4 Å². The number of piperazine rings is 1. The summed E-state index contributed by atoms with van der Waals surface area (Å²) in [5.74, 6) is -0.140. The number of amides is 2. The number of nitrogens with zero attached hydrogens (tertiary/aromatic N) is 2. The SMILES string of the molecule is CNCCC(=O)NCC(=O)N1CCN(c2cccc(Cl)c2)CC1.Cl.Cl. The molecule has 1 saturated heterocycles. The third-order valence-electron chi connectivity index (χ3n) is 3.84. The van der Waals surface area contributed by atoms with Crippen LogP contribution in [0.1, 0.15) is 6.42 Å². The van der Waals surface area contributed by atoms with E-state index in [1.165, 1.54) is 0 Å². The van der Waals surface area contributed by atoms with Gasteiger partial charge in [-0.25, -0.2) is 0 Å². The Bertz CT molecular complexity index is 552. The number of nitrogens with one attached hydrogen (secondary N) is 2. The predicted octanol–water partition coefficient (Wildman–Crippen LogP) is 1.56. The Morgan fingerprint density at radius 3 is 2.44 bits per heavy atom. The molecule has 2 amide bonds. The molecule has 0 spiro atoms. The highest BCUT2D eigenvalue weighted by Crippen LogP contribution is 2.20. The summed E-state index contributed by atoms with van der Waals surface area (Å²) >= 11 is 6.01. The molecule has 0 aliphatic carbocycles. The minimum Gasteiger partial charge on any atom is -0.368 e. The Morgan fingerprint density at radius 1 is 1.16 bits per heavy atom. The lowest BCUT2D eigenvalue weighted by Crippen LogP contribution is -2.51. The van der Waals surface area contributed by atoms with Gasteiger partial charge in [-0.2, -0.15) is 0 Å². The van der Waals surface area contributed by atoms with Crippen molar-refractivity contribution in [2.24, 2.45) is 0 Å². The molecule has 1 fully saturated rings. The number of anilines is 1. The van der Waals surface area contributed by atoms with Crippen LogP contribution in [0.4, 0.5) is 5.69 Å². The molecule has 25 heavy (non-hydrogen) atoms. The molecule has 1 aliphatic heterocycles. The summed E-state index contributed by atoms with van der Waals surface area (Å²) in [7, 11) is 1.79. The largest absolute Gasteiger partial charge is 0.368 e. The fourth-order valence-electron chi connectivity index (χ4n) is 2.50. The zero-order valence-corrected chi connectivity index (χ0v) is 16.6. The maximum absolute atomic E-state index is 12.1. The molecule has 2 rings (SSSR count). The molecule has 1 aliphatic rings. The Kier molecular flexibility index (Phi) is 11.6. The number of hydrogen-bond donors (Lipinski definition) is 2. The number of carbonyl (C=O) groups is 2. The summed E-state index contributed by atoms with van der Waals surface area (Å²) in [6, 6.07) is 7.73. The standard InChI is InChI=1S/C16H23ClN4O2.2ClH/c1-18-6-5-15(22)19-12-16(23)21-9-7-20(8-10-21)14-4-2-3-13(17)11-14;;/h2-4,11,18H,5-10,12H2,1H3,(H,19,22);2*1H. The van der Waals surface area contributed by atoms with Crippen LogP contribution in [0, 0.1) is 0 Å². The third-order valence-corrected chi connectivity index (χ3v) is 4.08. The molecule has 0 aromatic heterocycles. The molecule has 0 saturated carbocycles. The van der Waals surface area contributed by atoms with Crippen LogP contribution in [0.5, 0.6) is 0 Å². The van der Waals surface area contributed by atoms with Gasteiger partial charge in [-0.15, -0.1) is 24.8 Å². The molecule has 0 bridgehead atoms. The highest BCUT2D eigenvalue weighted by molar-refractivity contribution is 6.30. The number of carbonyl (C=O) groups excluding carboxylic acids is 2. The summed E-state index contributed by atoms with van der Waals surface area (Å²) in [4.78, 5) is 27.6. The summed E-state index contributed by atoms with van der Waals surface area (Å²) < 4.78 is 0. The number of rotatable bonds is 6. The van der Waals surface area contributed by atoms with Crippen molar-refractivity contribution in [2.75, 3.05) is 51.2 Å². The minimum atomic E-state index is -0.106. The zero-order chi connectivity index (χ0) is 16.7. The van der Waals surface area contributed by atoms with Crippen molar-refractivity contribution in [1.82, 2.24) is 15.5 Å². The average Bonchev–Trinajstić information content (AvgIpc) is 2.58.